The highest BCUT2D eigenvalue weighted by atomic mass is 32.2. The number of carbonyl (C=O) groups excluding carboxylic acids is 2. The molecule has 11 heteroatoms. The third kappa shape index (κ3) is 4.72. The molecule has 0 aromatic heterocycles. The molecule has 0 saturated heterocycles. The first kappa shape index (κ1) is 16.9. The van der Waals surface area contributed by atoms with Gasteiger partial charge in [0.05, 0.1) is 4.90 Å². The molecule has 0 radical (unpaired) electrons. The fourth-order valence-corrected chi connectivity index (χ4v) is 3.75. The van der Waals surface area contributed by atoms with Crippen LogP contribution in [-0.2, 0) is 34.4 Å². The van der Waals surface area contributed by atoms with Crippen molar-refractivity contribution < 1.29 is 36.2 Å². The molecule has 116 valence electrons. The molecule has 1 aromatic rings. The first-order chi connectivity index (χ1) is 9.54. The van der Waals surface area contributed by atoms with Crippen molar-refractivity contribution in [3.63, 3.8) is 0 Å². The van der Waals surface area contributed by atoms with Gasteiger partial charge in [-0.05, 0) is 12.1 Å². The van der Waals surface area contributed by atoms with Gasteiger partial charge in [0.2, 0.25) is 0 Å². The van der Waals surface area contributed by atoms with Crippen LogP contribution in [0.3, 0.4) is 0 Å². The van der Waals surface area contributed by atoms with E-state index >= 15 is 0 Å². The second kappa shape index (κ2) is 6.10. The molecule has 0 saturated carbocycles. The summed E-state index contributed by atoms with van der Waals surface area (Å²) in [5.74, 6) is -0.973. The lowest BCUT2D eigenvalue weighted by atomic mass is 10.4. The van der Waals surface area contributed by atoms with E-state index in [-0.39, 0.29) is 0 Å². The number of benzene rings is 1. The molecule has 0 aliphatic heterocycles. The van der Waals surface area contributed by atoms with Crippen LogP contribution in [0.25, 0.3) is 0 Å². The zero-order valence-corrected chi connectivity index (χ0v) is 12.5. The summed E-state index contributed by atoms with van der Waals surface area (Å²) >= 11 is 0. The zero-order valence-electron chi connectivity index (χ0n) is 10.9. The maximum absolute atomic E-state index is 11.9. The highest BCUT2D eigenvalue weighted by Crippen LogP contribution is 2.20. The van der Waals surface area contributed by atoms with Crippen molar-refractivity contribution in [3.05, 3.63) is 24.3 Å². The van der Waals surface area contributed by atoms with E-state index in [1.54, 1.807) is 0 Å². The Morgan fingerprint density at radius 2 is 1.52 bits per heavy atom. The number of hydrogen-bond acceptors (Lipinski definition) is 8. The van der Waals surface area contributed by atoms with Crippen LogP contribution in [0.15, 0.2) is 34.1 Å². The van der Waals surface area contributed by atoms with Gasteiger partial charge in [-0.1, -0.05) is 12.1 Å². The van der Waals surface area contributed by atoms with Crippen LogP contribution < -0.4 is 4.72 Å². The Balaban J connectivity index is 3.10. The van der Waals surface area contributed by atoms with Gasteiger partial charge in [-0.25, -0.2) is 40.9 Å². The minimum absolute atomic E-state index is 0.488. The predicted octanol–water partition coefficient (Wildman–Crippen LogP) is -0.0169. The van der Waals surface area contributed by atoms with Crippen LogP contribution in [0.1, 0.15) is 6.92 Å². The van der Waals surface area contributed by atoms with Gasteiger partial charge in [-0.3, -0.25) is 0 Å². The molecule has 1 amide bonds. The first-order valence-electron chi connectivity index (χ1n) is 5.25. The quantitative estimate of drug-likeness (QED) is 0.601. The minimum atomic E-state index is -4.52. The average Bonchev–Trinajstić information content (AvgIpc) is 2.35. The van der Waals surface area contributed by atoms with E-state index in [2.05, 4.69) is 9.78 Å². The van der Waals surface area contributed by atoms with Gasteiger partial charge < -0.3 is 0 Å². The van der Waals surface area contributed by atoms with Gasteiger partial charge in [0.15, 0.2) is 9.84 Å². The standard InChI is InChI=1S/C10H11NO8S2/c1-7(12)18-19-10(13)11-21(16,17)9-6-4-3-5-8(9)20(2,14)15/h3-6H,1-2H3,(H,11,13). The predicted molar refractivity (Wildman–Crippen MR) is 68.1 cm³/mol. The molecule has 21 heavy (non-hydrogen) atoms. The van der Waals surface area contributed by atoms with Crippen molar-refractivity contribution in [2.45, 2.75) is 16.7 Å². The fourth-order valence-electron chi connectivity index (χ4n) is 1.26. The zero-order chi connectivity index (χ0) is 16.3. The molecule has 0 fully saturated rings. The van der Waals surface area contributed by atoms with Crippen molar-refractivity contribution in [2.75, 3.05) is 6.26 Å². The van der Waals surface area contributed by atoms with Crippen LogP contribution in [0.4, 0.5) is 4.79 Å². The van der Waals surface area contributed by atoms with Gasteiger partial charge in [-0.15, -0.1) is 0 Å². The third-order valence-corrected chi connectivity index (χ3v) is 4.65. The number of nitrogens with one attached hydrogen (secondary N) is 1. The normalized spacial score (nSPS) is 11.5. The smallest absolute Gasteiger partial charge is 0.248 e. The summed E-state index contributed by atoms with van der Waals surface area (Å²) in [6.45, 7) is 0.931. The highest BCUT2D eigenvalue weighted by molar-refractivity contribution is 7.93. The summed E-state index contributed by atoms with van der Waals surface area (Å²) in [5.41, 5.74) is 0. The number of rotatable bonds is 3. The van der Waals surface area contributed by atoms with Crippen molar-refractivity contribution in [3.8, 4) is 0 Å². The molecule has 1 N–H and O–H groups in total. The van der Waals surface area contributed by atoms with E-state index in [1.807, 2.05) is 0 Å². The molecule has 0 bridgehead atoms. The summed E-state index contributed by atoms with van der Waals surface area (Å²) in [6, 6.07) is 4.67. The maximum Gasteiger partial charge on any atom is 0.464 e. The van der Waals surface area contributed by atoms with Crippen molar-refractivity contribution in [1.29, 1.82) is 0 Å². The van der Waals surface area contributed by atoms with Crippen LogP contribution in [0.2, 0.25) is 0 Å². The Labute approximate surface area is 120 Å². The number of hydrogen-bond donors (Lipinski definition) is 1. The average molecular weight is 337 g/mol. The second-order valence-corrected chi connectivity index (χ2v) is 7.41. The van der Waals surface area contributed by atoms with Gasteiger partial charge in [0.1, 0.15) is 4.90 Å². The lowest BCUT2D eigenvalue weighted by Crippen LogP contribution is -2.32. The Bertz CT molecular complexity index is 766. The minimum Gasteiger partial charge on any atom is -0.248 e. The van der Waals surface area contributed by atoms with E-state index in [1.165, 1.54) is 16.9 Å². The fraction of sp³-hybridized carbons (Fsp3) is 0.200. The lowest BCUT2D eigenvalue weighted by Gasteiger charge is -2.09. The summed E-state index contributed by atoms with van der Waals surface area (Å²) in [7, 11) is -8.35. The number of sulfone groups is 1. The number of amides is 1. The Morgan fingerprint density at radius 1 is 1.00 bits per heavy atom. The summed E-state index contributed by atoms with van der Waals surface area (Å²) in [6.07, 6.45) is -0.771. The highest BCUT2D eigenvalue weighted by Gasteiger charge is 2.26. The van der Waals surface area contributed by atoms with E-state index in [0.29, 0.717) is 0 Å². The third-order valence-electron chi connectivity index (χ3n) is 1.99. The van der Waals surface area contributed by atoms with Crippen LogP contribution in [0, 0.1) is 0 Å². The van der Waals surface area contributed by atoms with Gasteiger partial charge >= 0.3 is 12.1 Å². The molecule has 1 aromatic carbocycles. The number of sulfonamides is 1. The molecular formula is C10H11NO8S2. The van der Waals surface area contributed by atoms with Crippen LogP contribution in [-0.4, -0.2) is 35.2 Å². The Morgan fingerprint density at radius 3 is 2.00 bits per heavy atom. The first-order valence-corrected chi connectivity index (χ1v) is 8.62. The van der Waals surface area contributed by atoms with E-state index in [4.69, 9.17) is 0 Å². The SMILES string of the molecule is CC(=O)OOC(=O)NS(=O)(=O)c1ccccc1S(C)(=O)=O. The maximum atomic E-state index is 11.9. The molecule has 0 aliphatic rings. The molecule has 0 heterocycles. The van der Waals surface area contributed by atoms with E-state index < -0.39 is 41.7 Å². The van der Waals surface area contributed by atoms with Gasteiger partial charge in [0.25, 0.3) is 10.0 Å². The number of carbonyl (C=O) groups is 2. The molecule has 9 nitrogen and oxygen atoms in total. The van der Waals surface area contributed by atoms with E-state index in [9.17, 15) is 26.4 Å². The molecule has 0 unspecified atom stereocenters. The van der Waals surface area contributed by atoms with E-state index in [0.717, 1.165) is 25.3 Å². The van der Waals surface area contributed by atoms with Crippen LogP contribution >= 0.6 is 0 Å². The lowest BCUT2D eigenvalue weighted by molar-refractivity contribution is -0.228. The molecule has 0 atom stereocenters. The molecule has 0 aliphatic carbocycles. The van der Waals surface area contributed by atoms with Gasteiger partial charge in [0, 0.05) is 13.2 Å². The van der Waals surface area contributed by atoms with Crippen molar-refractivity contribution in [1.82, 2.24) is 4.72 Å². The Hall–Kier alpha value is -2.14. The summed E-state index contributed by atoms with van der Waals surface area (Å²) in [5, 5.41) is 0. The molecular weight excluding hydrogens is 326 g/mol. The topological polar surface area (TPSA) is 133 Å². The molecule has 1 rings (SSSR count). The van der Waals surface area contributed by atoms with Gasteiger partial charge in [-0.2, -0.15) is 0 Å². The molecule has 0 spiro atoms. The Kier molecular flexibility index (Phi) is 4.91. The monoisotopic (exact) mass is 337 g/mol. The van der Waals surface area contributed by atoms with Crippen molar-refractivity contribution in [2.24, 2.45) is 0 Å². The summed E-state index contributed by atoms with van der Waals surface area (Å²) < 4.78 is 48.3. The van der Waals surface area contributed by atoms with Crippen LogP contribution in [0.5, 0.6) is 0 Å². The largest absolute Gasteiger partial charge is 0.464 e. The second-order valence-electron chi connectivity index (χ2n) is 3.77. The summed E-state index contributed by atoms with van der Waals surface area (Å²) in [4.78, 5) is 28.2. The van der Waals surface area contributed by atoms with Crippen molar-refractivity contribution >= 4 is 31.9 Å².